The van der Waals surface area contributed by atoms with Gasteiger partial charge < -0.3 is 5.32 Å². The summed E-state index contributed by atoms with van der Waals surface area (Å²) in [5.74, 6) is 0.770. The molecule has 1 N–H and O–H groups in total. The molecule has 2 aromatic rings. The largest absolute Gasteiger partial charge is 0.313 e. The van der Waals surface area contributed by atoms with Crippen LogP contribution in [0.1, 0.15) is 12.0 Å². The van der Waals surface area contributed by atoms with Crippen molar-refractivity contribution in [2.75, 3.05) is 18.6 Å². The topological polar surface area (TPSA) is 42.0 Å². The van der Waals surface area contributed by atoms with E-state index in [0.717, 1.165) is 25.3 Å². The molecule has 0 aliphatic rings. The first-order valence-corrected chi connectivity index (χ1v) is 7.82. The first-order valence-electron chi connectivity index (χ1n) is 6.10. The summed E-state index contributed by atoms with van der Waals surface area (Å²) in [5, 5.41) is 5.82. The molecule has 1 atom stereocenters. The number of pyridine rings is 1. The Morgan fingerprint density at radius 1 is 1.33 bits per heavy atom. The highest BCUT2D eigenvalue weighted by Crippen LogP contribution is 2.16. The molecule has 4 heteroatoms. The van der Waals surface area contributed by atoms with Crippen molar-refractivity contribution < 1.29 is 4.21 Å². The predicted octanol–water partition coefficient (Wildman–Crippen LogP) is 2.09. The molecule has 96 valence electrons. The van der Waals surface area contributed by atoms with Crippen LogP contribution in [-0.2, 0) is 17.3 Å². The minimum Gasteiger partial charge on any atom is -0.313 e. The van der Waals surface area contributed by atoms with Crippen molar-refractivity contribution in [3.05, 3.63) is 42.2 Å². The fraction of sp³-hybridized carbons (Fsp3) is 0.357. The fourth-order valence-corrected chi connectivity index (χ4v) is 2.52. The zero-order chi connectivity index (χ0) is 12.8. The van der Waals surface area contributed by atoms with E-state index in [-0.39, 0.29) is 0 Å². The summed E-state index contributed by atoms with van der Waals surface area (Å²) in [6.07, 6.45) is 6.41. The van der Waals surface area contributed by atoms with Crippen molar-refractivity contribution >= 4 is 21.6 Å². The van der Waals surface area contributed by atoms with Crippen molar-refractivity contribution in [3.63, 3.8) is 0 Å². The molecule has 2 rings (SSSR count). The third-order valence-corrected chi connectivity index (χ3v) is 3.74. The van der Waals surface area contributed by atoms with Gasteiger partial charge in [0, 0.05) is 47.1 Å². The van der Waals surface area contributed by atoms with Crippen LogP contribution in [0.5, 0.6) is 0 Å². The van der Waals surface area contributed by atoms with Crippen molar-refractivity contribution in [1.82, 2.24) is 10.3 Å². The molecular formula is C14H18N2OS. The Balaban J connectivity index is 1.93. The van der Waals surface area contributed by atoms with Gasteiger partial charge in [0.1, 0.15) is 0 Å². The minimum atomic E-state index is -0.684. The molecule has 0 amide bonds. The lowest BCUT2D eigenvalue weighted by atomic mass is 10.1. The molecule has 1 aromatic carbocycles. The Labute approximate surface area is 110 Å². The molecular weight excluding hydrogens is 244 g/mol. The lowest BCUT2D eigenvalue weighted by Gasteiger charge is -2.07. The maximum Gasteiger partial charge on any atom is 0.0346 e. The second kappa shape index (κ2) is 6.61. The monoisotopic (exact) mass is 262 g/mol. The van der Waals surface area contributed by atoms with E-state index in [1.807, 2.05) is 18.5 Å². The first kappa shape index (κ1) is 13.2. The van der Waals surface area contributed by atoms with Gasteiger partial charge in [-0.3, -0.25) is 9.19 Å². The molecule has 0 aliphatic heterocycles. The molecule has 0 saturated carbocycles. The van der Waals surface area contributed by atoms with Crippen molar-refractivity contribution in [1.29, 1.82) is 0 Å². The van der Waals surface area contributed by atoms with Gasteiger partial charge in [-0.2, -0.15) is 0 Å². The van der Waals surface area contributed by atoms with Crippen LogP contribution in [0.25, 0.3) is 10.8 Å². The SMILES string of the molecule is CS(=O)CCCNCc1cccc2cnccc12. The Morgan fingerprint density at radius 2 is 2.22 bits per heavy atom. The van der Waals surface area contributed by atoms with Gasteiger partial charge in [0.15, 0.2) is 0 Å². The zero-order valence-electron chi connectivity index (χ0n) is 10.6. The molecule has 0 fully saturated rings. The standard InChI is InChI=1S/C14H18N2OS/c1-18(17)9-3-7-15-10-12-4-2-5-13-11-16-8-6-14(12)13/h2,4-6,8,11,15H,3,7,9-10H2,1H3. The Kier molecular flexibility index (Phi) is 4.84. The Morgan fingerprint density at radius 3 is 3.06 bits per heavy atom. The quantitative estimate of drug-likeness (QED) is 0.811. The zero-order valence-corrected chi connectivity index (χ0v) is 11.4. The average molecular weight is 262 g/mol. The smallest absolute Gasteiger partial charge is 0.0346 e. The second-order valence-corrected chi connectivity index (χ2v) is 5.88. The van der Waals surface area contributed by atoms with Crippen LogP contribution in [-0.4, -0.2) is 27.7 Å². The van der Waals surface area contributed by atoms with Gasteiger partial charge in [-0.1, -0.05) is 18.2 Å². The molecule has 1 heterocycles. The van der Waals surface area contributed by atoms with Crippen LogP contribution in [0.4, 0.5) is 0 Å². The van der Waals surface area contributed by atoms with E-state index in [1.54, 1.807) is 6.26 Å². The van der Waals surface area contributed by atoms with Gasteiger partial charge in [0.2, 0.25) is 0 Å². The number of fused-ring (bicyclic) bond motifs is 1. The van der Waals surface area contributed by atoms with Crippen LogP contribution in [0.15, 0.2) is 36.7 Å². The van der Waals surface area contributed by atoms with E-state index in [1.165, 1.54) is 16.3 Å². The lowest BCUT2D eigenvalue weighted by molar-refractivity contribution is 0.663. The molecule has 0 saturated heterocycles. The molecule has 0 aliphatic carbocycles. The van der Waals surface area contributed by atoms with E-state index in [0.29, 0.717) is 0 Å². The molecule has 0 bridgehead atoms. The Hall–Kier alpha value is -1.26. The lowest BCUT2D eigenvalue weighted by Crippen LogP contribution is -2.16. The maximum absolute atomic E-state index is 10.9. The molecule has 0 radical (unpaired) electrons. The number of rotatable bonds is 6. The summed E-state index contributed by atoms with van der Waals surface area (Å²) in [4.78, 5) is 4.13. The van der Waals surface area contributed by atoms with Gasteiger partial charge in [-0.15, -0.1) is 0 Å². The summed E-state index contributed by atoms with van der Waals surface area (Å²) in [7, 11) is -0.684. The van der Waals surface area contributed by atoms with Gasteiger partial charge >= 0.3 is 0 Å². The van der Waals surface area contributed by atoms with Gasteiger partial charge in [0.05, 0.1) is 0 Å². The second-order valence-electron chi connectivity index (χ2n) is 4.32. The van der Waals surface area contributed by atoms with Crippen molar-refractivity contribution in [2.24, 2.45) is 0 Å². The first-order chi connectivity index (χ1) is 8.77. The van der Waals surface area contributed by atoms with Crippen LogP contribution in [0.3, 0.4) is 0 Å². The number of hydrogen-bond acceptors (Lipinski definition) is 3. The fourth-order valence-electron chi connectivity index (χ4n) is 1.97. The summed E-state index contributed by atoms with van der Waals surface area (Å²) >= 11 is 0. The van der Waals surface area contributed by atoms with Crippen molar-refractivity contribution in [3.8, 4) is 0 Å². The summed E-state index contributed by atoms with van der Waals surface area (Å²) in [6, 6.07) is 8.31. The third-order valence-electron chi connectivity index (χ3n) is 2.87. The van der Waals surface area contributed by atoms with Crippen LogP contribution in [0, 0.1) is 0 Å². The van der Waals surface area contributed by atoms with E-state index in [4.69, 9.17) is 0 Å². The summed E-state index contributed by atoms with van der Waals surface area (Å²) in [5.41, 5.74) is 1.28. The van der Waals surface area contributed by atoms with E-state index in [2.05, 4.69) is 28.5 Å². The molecule has 1 unspecified atom stereocenters. The normalized spacial score (nSPS) is 12.7. The van der Waals surface area contributed by atoms with E-state index >= 15 is 0 Å². The van der Waals surface area contributed by atoms with Crippen LogP contribution in [0.2, 0.25) is 0 Å². The highest BCUT2D eigenvalue weighted by molar-refractivity contribution is 7.84. The predicted molar refractivity (Wildman–Crippen MR) is 77.0 cm³/mol. The summed E-state index contributed by atoms with van der Waals surface area (Å²) < 4.78 is 10.9. The Bertz CT molecular complexity index is 537. The number of nitrogens with zero attached hydrogens (tertiary/aromatic N) is 1. The van der Waals surface area contributed by atoms with Crippen LogP contribution >= 0.6 is 0 Å². The van der Waals surface area contributed by atoms with E-state index < -0.39 is 10.8 Å². The average Bonchev–Trinajstić information content (AvgIpc) is 2.38. The molecule has 1 aromatic heterocycles. The maximum atomic E-state index is 10.9. The number of hydrogen-bond donors (Lipinski definition) is 1. The molecule has 18 heavy (non-hydrogen) atoms. The van der Waals surface area contributed by atoms with E-state index in [9.17, 15) is 4.21 Å². The molecule has 0 spiro atoms. The molecule has 3 nitrogen and oxygen atoms in total. The third kappa shape index (κ3) is 3.62. The number of aromatic nitrogens is 1. The van der Waals surface area contributed by atoms with Gasteiger partial charge in [-0.25, -0.2) is 0 Å². The van der Waals surface area contributed by atoms with Gasteiger partial charge in [0.25, 0.3) is 0 Å². The highest BCUT2D eigenvalue weighted by atomic mass is 32.2. The van der Waals surface area contributed by atoms with Crippen molar-refractivity contribution in [2.45, 2.75) is 13.0 Å². The number of nitrogens with one attached hydrogen (secondary N) is 1. The van der Waals surface area contributed by atoms with Gasteiger partial charge in [-0.05, 0) is 30.0 Å². The number of benzene rings is 1. The van der Waals surface area contributed by atoms with Crippen LogP contribution < -0.4 is 5.32 Å². The highest BCUT2D eigenvalue weighted by Gasteiger charge is 2.00. The minimum absolute atomic E-state index is 0.684. The summed E-state index contributed by atoms with van der Waals surface area (Å²) in [6.45, 7) is 1.75.